The van der Waals surface area contributed by atoms with Gasteiger partial charge in [-0.15, -0.1) is 0 Å². The van der Waals surface area contributed by atoms with E-state index < -0.39 is 23.9 Å². The number of aliphatic hydroxyl groups is 1. The van der Waals surface area contributed by atoms with E-state index in [1.54, 1.807) is 25.1 Å². The summed E-state index contributed by atoms with van der Waals surface area (Å²) in [5, 5.41) is 11.0. The van der Waals surface area contributed by atoms with Gasteiger partial charge in [0.05, 0.1) is 45.9 Å². The Kier molecular flexibility index (Phi) is 7.23. The second-order valence-electron chi connectivity index (χ2n) is 7.87. The molecule has 2 bridgehead atoms. The summed E-state index contributed by atoms with van der Waals surface area (Å²) >= 11 is 0. The summed E-state index contributed by atoms with van der Waals surface area (Å²) in [6.45, 7) is 1.97. The summed E-state index contributed by atoms with van der Waals surface area (Å²) in [7, 11) is 6.48. The fourth-order valence-corrected chi connectivity index (χ4v) is 4.92. The topological polar surface area (TPSA) is 94.5 Å². The molecule has 0 radical (unpaired) electrons. The quantitative estimate of drug-likeness (QED) is 0.491. The predicted octanol–water partition coefficient (Wildman–Crippen LogP) is 1.93. The smallest absolute Gasteiger partial charge is 0.313 e. The maximum atomic E-state index is 13.2. The first-order valence-corrected chi connectivity index (χ1v) is 10.5. The van der Waals surface area contributed by atoms with E-state index in [0.29, 0.717) is 22.8 Å². The van der Waals surface area contributed by atoms with E-state index in [1.807, 2.05) is 11.9 Å². The van der Waals surface area contributed by atoms with Crippen molar-refractivity contribution in [3.05, 3.63) is 23.8 Å². The number of piperidine rings is 1. The average Bonchev–Trinajstić information content (AvgIpc) is 3.03. The molecule has 5 atom stereocenters. The van der Waals surface area contributed by atoms with Crippen LogP contribution in [0.3, 0.4) is 0 Å². The summed E-state index contributed by atoms with van der Waals surface area (Å²) in [6.07, 6.45) is 3.53. The Morgan fingerprint density at radius 3 is 2.16 bits per heavy atom. The number of fused-ring (bicyclic) bond motifs is 2. The van der Waals surface area contributed by atoms with Crippen molar-refractivity contribution in [2.24, 2.45) is 11.8 Å². The Morgan fingerprint density at radius 1 is 1.06 bits per heavy atom. The zero-order valence-corrected chi connectivity index (χ0v) is 18.7. The van der Waals surface area contributed by atoms with Gasteiger partial charge in [-0.25, -0.2) is 0 Å². The molecule has 8 nitrogen and oxygen atoms in total. The van der Waals surface area contributed by atoms with Crippen molar-refractivity contribution in [2.75, 3.05) is 35.0 Å². The molecular formula is C23H31NO7. The van der Waals surface area contributed by atoms with Gasteiger partial charge in [0.1, 0.15) is 0 Å². The Bertz CT molecular complexity index is 827. The molecule has 2 saturated heterocycles. The van der Waals surface area contributed by atoms with Crippen LogP contribution in [0.2, 0.25) is 0 Å². The largest absolute Gasteiger partial charge is 0.493 e. The average molecular weight is 434 g/mol. The Morgan fingerprint density at radius 2 is 1.65 bits per heavy atom. The third-order valence-electron chi connectivity index (χ3n) is 6.38. The van der Waals surface area contributed by atoms with Crippen LogP contribution in [0.4, 0.5) is 0 Å². The molecule has 2 heterocycles. The number of aliphatic hydroxyl groups excluding tert-OH is 1. The van der Waals surface area contributed by atoms with Gasteiger partial charge in [0.2, 0.25) is 5.75 Å². The van der Waals surface area contributed by atoms with Crippen LogP contribution < -0.4 is 14.2 Å². The Balaban J connectivity index is 1.87. The van der Waals surface area contributed by atoms with Gasteiger partial charge in [0.25, 0.3) is 0 Å². The third-order valence-corrected chi connectivity index (χ3v) is 6.38. The molecule has 3 rings (SSSR count). The molecule has 0 aliphatic carbocycles. The molecule has 0 unspecified atom stereocenters. The third kappa shape index (κ3) is 4.27. The van der Waals surface area contributed by atoms with Gasteiger partial charge in [-0.1, -0.05) is 6.08 Å². The van der Waals surface area contributed by atoms with Crippen LogP contribution in [0.25, 0.3) is 6.08 Å². The molecule has 170 valence electrons. The zero-order valence-electron chi connectivity index (χ0n) is 18.7. The van der Waals surface area contributed by atoms with Crippen LogP contribution in [0, 0.1) is 11.8 Å². The number of carbonyl (C=O) groups is 2. The summed E-state index contributed by atoms with van der Waals surface area (Å²) in [5.41, 5.74) is 0.688. The highest BCUT2D eigenvalue weighted by Gasteiger charge is 2.55. The van der Waals surface area contributed by atoms with E-state index in [1.165, 1.54) is 27.4 Å². The lowest BCUT2D eigenvalue weighted by Crippen LogP contribution is -2.59. The fourth-order valence-electron chi connectivity index (χ4n) is 4.92. The number of ether oxygens (including phenoxy) is 4. The van der Waals surface area contributed by atoms with Gasteiger partial charge in [-0.3, -0.25) is 14.5 Å². The van der Waals surface area contributed by atoms with E-state index in [2.05, 4.69) is 0 Å². The first kappa shape index (κ1) is 23.1. The number of rotatable bonds is 8. The number of hydrogen-bond donors (Lipinski definition) is 1. The lowest BCUT2D eigenvalue weighted by Gasteiger charge is -2.43. The minimum absolute atomic E-state index is 0.109. The number of esters is 1. The number of allylic oxidation sites excluding steroid dienone is 1. The van der Waals surface area contributed by atoms with Gasteiger partial charge in [-0.05, 0) is 50.6 Å². The van der Waals surface area contributed by atoms with E-state index in [4.69, 9.17) is 18.9 Å². The van der Waals surface area contributed by atoms with Crippen LogP contribution in [-0.2, 0) is 14.3 Å². The molecule has 2 fully saturated rings. The standard InChI is InChI=1S/C23H31NO7/c1-6-31-23(27)20-15-9-8-14(24(15)2)19(21(20)26)16(25)10-7-13-11-17(28-3)22(30-5)18(12-13)29-4/h7,10-12,14-15,19-21,26H,6,8-9H2,1-5H3/t14-,15+,19-,20+,21-/m0/s1. The van der Waals surface area contributed by atoms with Crippen molar-refractivity contribution < 1.29 is 33.6 Å². The first-order valence-electron chi connectivity index (χ1n) is 10.5. The highest BCUT2D eigenvalue weighted by molar-refractivity contribution is 5.97. The number of hydrogen-bond acceptors (Lipinski definition) is 8. The molecule has 0 saturated carbocycles. The number of nitrogens with zero attached hydrogens (tertiary/aromatic N) is 1. The molecule has 1 N–H and O–H groups in total. The van der Waals surface area contributed by atoms with Crippen molar-refractivity contribution in [3.8, 4) is 17.2 Å². The normalized spacial score (nSPS) is 27.9. The number of carbonyl (C=O) groups excluding carboxylic acids is 2. The number of benzene rings is 1. The van der Waals surface area contributed by atoms with Crippen LogP contribution in [0.5, 0.6) is 17.2 Å². The van der Waals surface area contributed by atoms with Crippen LogP contribution >= 0.6 is 0 Å². The van der Waals surface area contributed by atoms with E-state index in [0.717, 1.165) is 12.8 Å². The molecule has 1 aromatic carbocycles. The van der Waals surface area contributed by atoms with Crippen molar-refractivity contribution in [2.45, 2.75) is 38.0 Å². The van der Waals surface area contributed by atoms with Crippen LogP contribution in [0.1, 0.15) is 25.3 Å². The highest BCUT2D eigenvalue weighted by Crippen LogP contribution is 2.43. The molecular weight excluding hydrogens is 402 g/mol. The Labute approximate surface area is 182 Å². The molecule has 31 heavy (non-hydrogen) atoms. The first-order chi connectivity index (χ1) is 14.9. The SMILES string of the molecule is CCOC(=O)[C@H]1[C@@H](O)[C@H](C(=O)C=Cc2cc(OC)c(OC)c(OC)c2)[C@@H]2CC[C@H]1N2C. The van der Waals surface area contributed by atoms with E-state index >= 15 is 0 Å². The minimum atomic E-state index is -1.08. The van der Waals surface area contributed by atoms with Gasteiger partial charge in [0, 0.05) is 12.1 Å². The minimum Gasteiger partial charge on any atom is -0.493 e. The highest BCUT2D eigenvalue weighted by atomic mass is 16.5. The lowest BCUT2D eigenvalue weighted by atomic mass is 9.77. The van der Waals surface area contributed by atoms with E-state index in [9.17, 15) is 14.7 Å². The van der Waals surface area contributed by atoms with Gasteiger partial charge < -0.3 is 24.1 Å². The molecule has 1 aromatic rings. The predicted molar refractivity (Wildman–Crippen MR) is 114 cm³/mol. The number of methoxy groups -OCH3 is 3. The summed E-state index contributed by atoms with van der Waals surface area (Å²) in [4.78, 5) is 27.7. The van der Waals surface area contributed by atoms with Crippen LogP contribution in [0.15, 0.2) is 18.2 Å². The van der Waals surface area contributed by atoms with Crippen molar-refractivity contribution >= 4 is 17.8 Å². The van der Waals surface area contributed by atoms with Gasteiger partial charge >= 0.3 is 5.97 Å². The van der Waals surface area contributed by atoms with Crippen molar-refractivity contribution in [1.82, 2.24) is 4.90 Å². The molecule has 0 amide bonds. The van der Waals surface area contributed by atoms with Crippen molar-refractivity contribution in [3.63, 3.8) is 0 Å². The monoisotopic (exact) mass is 433 g/mol. The Hall–Kier alpha value is -2.58. The number of ketones is 1. The zero-order chi connectivity index (χ0) is 22.7. The maximum Gasteiger partial charge on any atom is 0.313 e. The summed E-state index contributed by atoms with van der Waals surface area (Å²) in [5.74, 6) is -0.679. The van der Waals surface area contributed by atoms with Crippen molar-refractivity contribution in [1.29, 1.82) is 0 Å². The van der Waals surface area contributed by atoms with Gasteiger partial charge in [0.15, 0.2) is 17.3 Å². The molecule has 2 aliphatic heterocycles. The molecule has 8 heteroatoms. The molecule has 0 aromatic heterocycles. The second kappa shape index (κ2) is 9.70. The fraction of sp³-hybridized carbons (Fsp3) is 0.565. The van der Waals surface area contributed by atoms with Crippen LogP contribution in [-0.4, -0.2) is 74.9 Å². The molecule has 0 spiro atoms. The molecule has 2 aliphatic rings. The maximum absolute atomic E-state index is 13.2. The summed E-state index contributed by atoms with van der Waals surface area (Å²) < 4.78 is 21.2. The lowest BCUT2D eigenvalue weighted by molar-refractivity contribution is -0.163. The summed E-state index contributed by atoms with van der Waals surface area (Å²) in [6, 6.07) is 3.26. The van der Waals surface area contributed by atoms with E-state index in [-0.39, 0.29) is 24.5 Å². The second-order valence-corrected chi connectivity index (χ2v) is 7.87. The van der Waals surface area contributed by atoms with Gasteiger partial charge in [-0.2, -0.15) is 0 Å².